The Morgan fingerprint density at radius 2 is 0.346 bits per heavy atom. The van der Waals surface area contributed by atoms with E-state index in [0.29, 0.717) is 0 Å². The van der Waals surface area contributed by atoms with Crippen molar-refractivity contribution in [3.05, 3.63) is 0 Å². The third-order valence-corrected chi connectivity index (χ3v) is 0. The van der Waals surface area contributed by atoms with Crippen LogP contribution in [0.2, 0.25) is 0 Å². The van der Waals surface area contributed by atoms with Gasteiger partial charge in [0.1, 0.15) is 0 Å². The van der Waals surface area contributed by atoms with Gasteiger partial charge in [0.05, 0.1) is 0 Å². The van der Waals surface area contributed by atoms with Gasteiger partial charge in [-0.2, -0.15) is 33.7 Å². The summed E-state index contributed by atoms with van der Waals surface area (Å²) in [5.41, 5.74) is 0. The fraction of sp³-hybridized carbons (Fsp3) is 0. The van der Waals surface area contributed by atoms with Crippen LogP contribution in [-0.4, -0.2) is 81.0 Å². The first kappa shape index (κ1) is 63.2. The van der Waals surface area contributed by atoms with Crippen LogP contribution in [-0.2, 0) is 85.0 Å². The SMILES string of the molecule is O.O.O=S(=O)(O)O.O=S(=O)(O)O.O=S(=O)(O)O.O=S(=O)(O)O.[NH4+].[NH4+].[Ti].[Ti]. The van der Waals surface area contributed by atoms with E-state index in [-0.39, 0.29) is 66.7 Å². The summed E-state index contributed by atoms with van der Waals surface area (Å²) in [6.45, 7) is 0. The van der Waals surface area contributed by atoms with Gasteiger partial charge >= 0.3 is 41.6 Å². The molecule has 0 atom stereocenters. The van der Waals surface area contributed by atoms with Gasteiger partial charge in [0.15, 0.2) is 0 Å². The van der Waals surface area contributed by atoms with E-state index in [1.807, 2.05) is 0 Å². The molecule has 0 saturated carbocycles. The second-order valence-electron chi connectivity index (χ2n) is 1.79. The second-order valence-corrected chi connectivity index (χ2v) is 5.37. The zero-order valence-electron chi connectivity index (χ0n) is 12.5. The summed E-state index contributed by atoms with van der Waals surface area (Å²) in [4.78, 5) is 0. The summed E-state index contributed by atoms with van der Waals surface area (Å²) in [5, 5.41) is 0. The van der Waals surface area contributed by atoms with Gasteiger partial charge in [-0.3, -0.25) is 36.4 Å². The summed E-state index contributed by atoms with van der Waals surface area (Å²) in [6.07, 6.45) is 0. The molecule has 0 rings (SSSR count). The monoisotopic (exact) mass is 560 g/mol. The van der Waals surface area contributed by atoms with Crippen LogP contribution in [0.3, 0.4) is 0 Å². The summed E-state index contributed by atoms with van der Waals surface area (Å²) < 4.78 is 126. The molecule has 0 radical (unpaired) electrons. The van der Waals surface area contributed by atoms with E-state index in [4.69, 9.17) is 70.1 Å². The minimum absolute atomic E-state index is 0. The zero-order chi connectivity index (χ0) is 18.0. The largest absolute Gasteiger partial charge is 0.412 e. The zero-order valence-corrected chi connectivity index (χ0v) is 18.9. The van der Waals surface area contributed by atoms with Crippen molar-refractivity contribution in [1.82, 2.24) is 12.3 Å². The molecule has 26 heavy (non-hydrogen) atoms. The van der Waals surface area contributed by atoms with Crippen molar-refractivity contribution in [2.24, 2.45) is 0 Å². The topological polar surface area (TPSA) is 434 Å². The number of hydrogen-bond donors (Lipinski definition) is 10. The standard InChI is InChI=1S/2H3N.4H2O4S.2H2O.2Ti/c;;4*1-5(2,3)4;;;;/h2*1H3;4*(H2,1,2,3,4);2*1H2;;/p+2. The summed E-state index contributed by atoms with van der Waals surface area (Å²) in [5.74, 6) is 0. The number of hydrogen-bond acceptors (Lipinski definition) is 8. The first-order chi connectivity index (χ1) is 8.00. The van der Waals surface area contributed by atoms with Crippen LogP contribution in [0.25, 0.3) is 0 Å². The molecule has 0 aromatic rings. The van der Waals surface area contributed by atoms with Gasteiger partial charge in [-0.15, -0.1) is 0 Å². The van der Waals surface area contributed by atoms with Gasteiger partial charge in [-0.25, -0.2) is 0 Å². The predicted molar refractivity (Wildman–Crippen MR) is 75.9 cm³/mol. The molecule has 0 fully saturated rings. The molecule has 26 heteroatoms. The molecule has 0 amide bonds. The van der Waals surface area contributed by atoms with Crippen molar-refractivity contribution >= 4 is 41.6 Å². The van der Waals surface area contributed by atoms with Crippen LogP contribution < -0.4 is 12.3 Å². The molecule has 0 bridgehead atoms. The Balaban J connectivity index is -0.0000000152. The quantitative estimate of drug-likeness (QED) is 0.101. The van der Waals surface area contributed by atoms with Crippen LogP contribution in [0.1, 0.15) is 0 Å². The van der Waals surface area contributed by atoms with Crippen molar-refractivity contribution in [2.45, 2.75) is 0 Å². The van der Waals surface area contributed by atoms with Crippen LogP contribution in [0, 0.1) is 0 Å². The molecule has 0 aliphatic carbocycles. The Morgan fingerprint density at radius 3 is 0.346 bits per heavy atom. The summed E-state index contributed by atoms with van der Waals surface area (Å²) in [6, 6.07) is 0. The number of quaternary nitrogens is 2. The van der Waals surface area contributed by atoms with Crippen molar-refractivity contribution in [1.29, 1.82) is 0 Å². The van der Waals surface area contributed by atoms with Crippen molar-refractivity contribution < 1.29 is 124 Å². The van der Waals surface area contributed by atoms with Gasteiger partial charge in [0, 0.05) is 43.4 Å². The van der Waals surface area contributed by atoms with Crippen molar-refractivity contribution in [3.8, 4) is 0 Å². The fourth-order valence-corrected chi connectivity index (χ4v) is 0. The number of rotatable bonds is 0. The van der Waals surface area contributed by atoms with E-state index < -0.39 is 41.6 Å². The molecule has 0 aromatic heterocycles. The van der Waals surface area contributed by atoms with Gasteiger partial charge in [0.2, 0.25) is 0 Å². The second kappa shape index (κ2) is 25.7. The molecule has 0 aromatic carbocycles. The Labute approximate surface area is 177 Å². The molecular weight excluding hydrogens is 540 g/mol. The van der Waals surface area contributed by atoms with E-state index in [1.54, 1.807) is 0 Å². The van der Waals surface area contributed by atoms with Crippen LogP contribution in [0.15, 0.2) is 0 Å². The average molecular weight is 560 g/mol. The third-order valence-electron chi connectivity index (χ3n) is 0. The van der Waals surface area contributed by atoms with E-state index in [9.17, 15) is 0 Å². The molecule has 0 saturated heterocycles. The molecule has 0 heterocycles. The van der Waals surface area contributed by atoms with Gasteiger partial charge in [-0.1, -0.05) is 0 Å². The van der Waals surface area contributed by atoms with Crippen molar-refractivity contribution in [2.75, 3.05) is 0 Å². The van der Waals surface area contributed by atoms with Crippen LogP contribution >= 0.6 is 0 Å². The summed E-state index contributed by atoms with van der Waals surface area (Å²) in [7, 11) is -18.7. The maximum Gasteiger partial charge on any atom is 0.394 e. The Hall–Kier alpha value is 0.749. The Bertz CT molecular complexity index is 488. The van der Waals surface area contributed by atoms with Gasteiger partial charge < -0.3 is 23.3 Å². The molecule has 168 valence electrons. The normalized spacial score (nSPS) is 8.92. The minimum Gasteiger partial charge on any atom is -0.412 e. The minimum atomic E-state index is -4.67. The van der Waals surface area contributed by atoms with E-state index in [1.165, 1.54) is 0 Å². The molecule has 0 aliphatic heterocycles. The Kier molecular flexibility index (Phi) is 62.6. The first-order valence-electron chi connectivity index (χ1n) is 2.79. The van der Waals surface area contributed by atoms with Crippen molar-refractivity contribution in [3.63, 3.8) is 0 Å². The molecule has 20 nitrogen and oxygen atoms in total. The average Bonchev–Trinajstić information content (AvgIpc) is 1.62. The van der Waals surface area contributed by atoms with Gasteiger partial charge in [-0.05, 0) is 0 Å². The predicted octanol–water partition coefficient (Wildman–Crippen LogP) is -3.51. The Morgan fingerprint density at radius 1 is 0.346 bits per heavy atom. The summed E-state index contributed by atoms with van der Waals surface area (Å²) >= 11 is 0. The maximum atomic E-state index is 8.74. The van der Waals surface area contributed by atoms with E-state index in [0.717, 1.165) is 0 Å². The fourth-order valence-electron chi connectivity index (χ4n) is 0. The molecular formula is H20N2O18S4Ti2+2. The third kappa shape index (κ3) is 24900. The smallest absolute Gasteiger partial charge is 0.394 e. The maximum absolute atomic E-state index is 8.74. The first-order valence-corrected chi connectivity index (χ1v) is 8.38. The van der Waals surface area contributed by atoms with Gasteiger partial charge in [0.25, 0.3) is 0 Å². The van der Waals surface area contributed by atoms with Crippen LogP contribution in [0.4, 0.5) is 0 Å². The van der Waals surface area contributed by atoms with E-state index >= 15 is 0 Å². The van der Waals surface area contributed by atoms with E-state index in [2.05, 4.69) is 0 Å². The molecule has 0 unspecified atom stereocenters. The molecule has 0 aliphatic rings. The molecule has 0 spiro atoms. The van der Waals surface area contributed by atoms with Crippen LogP contribution in [0.5, 0.6) is 0 Å². The molecule has 20 N–H and O–H groups in total.